The summed E-state index contributed by atoms with van der Waals surface area (Å²) in [5.74, 6) is 5.16. The van der Waals surface area contributed by atoms with E-state index in [0.717, 1.165) is 5.69 Å². The molecular formula is C14H15N6O2+. The monoisotopic (exact) mass is 299 g/mol. The summed E-state index contributed by atoms with van der Waals surface area (Å²) in [7, 11) is 0. The van der Waals surface area contributed by atoms with Gasteiger partial charge in [0.15, 0.2) is 6.21 Å². The lowest BCUT2D eigenvalue weighted by molar-refractivity contribution is -0.384. The Labute approximate surface area is 126 Å². The SMILES string of the molecule is NNC(N)=[N+]=CC=Cc1cccn1-c1ccccc1[N+](=O)[O-]. The lowest BCUT2D eigenvalue weighted by atomic mass is 10.2. The number of nitrogens with one attached hydrogen (secondary N) is 1. The van der Waals surface area contributed by atoms with Crippen molar-refractivity contribution in [1.82, 2.24) is 14.7 Å². The quantitative estimate of drug-likeness (QED) is 0.187. The van der Waals surface area contributed by atoms with Gasteiger partial charge in [-0.15, -0.1) is 0 Å². The molecule has 0 atom stereocenters. The molecule has 0 saturated carbocycles. The van der Waals surface area contributed by atoms with Gasteiger partial charge >= 0.3 is 5.96 Å². The number of benzene rings is 1. The van der Waals surface area contributed by atoms with Crippen molar-refractivity contribution in [2.24, 2.45) is 11.6 Å². The first-order valence-electron chi connectivity index (χ1n) is 6.34. The van der Waals surface area contributed by atoms with Crippen molar-refractivity contribution in [3.8, 4) is 5.69 Å². The minimum Gasteiger partial charge on any atom is -0.311 e. The fourth-order valence-corrected chi connectivity index (χ4v) is 1.87. The number of nitro benzene ring substituents is 1. The molecule has 0 fully saturated rings. The zero-order chi connectivity index (χ0) is 15.9. The van der Waals surface area contributed by atoms with Gasteiger partial charge in [0.25, 0.3) is 5.69 Å². The zero-order valence-corrected chi connectivity index (χ0v) is 11.6. The van der Waals surface area contributed by atoms with E-state index in [2.05, 4.69) is 10.1 Å². The van der Waals surface area contributed by atoms with Crippen molar-refractivity contribution < 1.29 is 4.92 Å². The highest BCUT2D eigenvalue weighted by Gasteiger charge is 2.14. The van der Waals surface area contributed by atoms with E-state index in [9.17, 15) is 10.1 Å². The van der Waals surface area contributed by atoms with Crippen LogP contribution in [0.4, 0.5) is 5.69 Å². The van der Waals surface area contributed by atoms with Gasteiger partial charge in [0.2, 0.25) is 0 Å². The summed E-state index contributed by atoms with van der Waals surface area (Å²) < 4.78 is 5.54. The molecule has 0 bridgehead atoms. The number of para-hydroxylation sites is 2. The molecule has 2 aromatic rings. The number of aromatic nitrogens is 1. The van der Waals surface area contributed by atoms with E-state index in [-0.39, 0.29) is 11.6 Å². The summed E-state index contributed by atoms with van der Waals surface area (Å²) in [6.45, 7) is 0. The predicted molar refractivity (Wildman–Crippen MR) is 86.2 cm³/mol. The van der Waals surface area contributed by atoms with Gasteiger partial charge in [-0.05, 0) is 30.4 Å². The normalized spacial score (nSPS) is 10.2. The Morgan fingerprint density at radius 2 is 2.09 bits per heavy atom. The molecule has 8 heteroatoms. The molecule has 1 aromatic carbocycles. The molecule has 0 aliphatic carbocycles. The molecule has 2 rings (SSSR count). The Morgan fingerprint density at radius 3 is 2.82 bits per heavy atom. The van der Waals surface area contributed by atoms with Crippen molar-refractivity contribution in [2.45, 2.75) is 0 Å². The third kappa shape index (κ3) is 3.40. The smallest absolute Gasteiger partial charge is 0.311 e. The molecule has 0 amide bonds. The van der Waals surface area contributed by atoms with Crippen LogP contribution in [0.2, 0.25) is 0 Å². The largest absolute Gasteiger partial charge is 0.453 e. The van der Waals surface area contributed by atoms with E-state index in [4.69, 9.17) is 11.6 Å². The van der Waals surface area contributed by atoms with E-state index in [1.54, 1.807) is 47.2 Å². The number of hydrogen-bond donors (Lipinski definition) is 3. The summed E-state index contributed by atoms with van der Waals surface area (Å²) in [6, 6.07) is 10.2. The Bertz CT molecular complexity index is 771. The van der Waals surface area contributed by atoms with Gasteiger partial charge < -0.3 is 4.57 Å². The molecule has 0 radical (unpaired) electrons. The van der Waals surface area contributed by atoms with Crippen LogP contribution in [0, 0.1) is 10.1 Å². The van der Waals surface area contributed by atoms with Crippen molar-refractivity contribution in [2.75, 3.05) is 0 Å². The zero-order valence-electron chi connectivity index (χ0n) is 11.6. The highest BCUT2D eigenvalue weighted by atomic mass is 16.6. The predicted octanol–water partition coefficient (Wildman–Crippen LogP) is 0.315. The maximum atomic E-state index is 11.1. The van der Waals surface area contributed by atoms with Gasteiger partial charge in [-0.25, -0.2) is 4.67 Å². The van der Waals surface area contributed by atoms with E-state index < -0.39 is 4.92 Å². The van der Waals surface area contributed by atoms with Crippen LogP contribution in [0.25, 0.3) is 11.8 Å². The molecule has 0 unspecified atom stereocenters. The van der Waals surface area contributed by atoms with Crippen LogP contribution in [0.1, 0.15) is 5.69 Å². The van der Waals surface area contributed by atoms with Gasteiger partial charge in [-0.1, -0.05) is 12.1 Å². The molecule has 22 heavy (non-hydrogen) atoms. The standard InChI is InChI=1S/C14H14N6O2/c15-14(18-16)17-9-3-5-11-6-4-10-19(11)12-7-1-2-8-13(12)20(21)22/h1-10H,16H2,(H2,15,18)/p+1. The number of hydrazine groups is 1. The first-order chi connectivity index (χ1) is 10.6. The molecular weight excluding hydrogens is 284 g/mol. The van der Waals surface area contributed by atoms with E-state index in [1.807, 2.05) is 6.07 Å². The van der Waals surface area contributed by atoms with Crippen LogP contribution in [0.3, 0.4) is 0 Å². The average molecular weight is 299 g/mol. The summed E-state index contributed by atoms with van der Waals surface area (Å²) >= 11 is 0. The molecule has 0 aliphatic heterocycles. The van der Waals surface area contributed by atoms with E-state index in [1.165, 1.54) is 12.3 Å². The van der Waals surface area contributed by atoms with Crippen molar-refractivity contribution in [1.29, 1.82) is 0 Å². The van der Waals surface area contributed by atoms with Crippen LogP contribution in [0.5, 0.6) is 0 Å². The summed E-state index contributed by atoms with van der Waals surface area (Å²) in [4.78, 5) is 10.7. The number of nitrogens with zero attached hydrogens (tertiary/aromatic N) is 3. The summed E-state index contributed by atoms with van der Waals surface area (Å²) in [5, 5.41) is 11.1. The van der Waals surface area contributed by atoms with Crippen molar-refractivity contribution in [3.63, 3.8) is 0 Å². The molecule has 8 nitrogen and oxygen atoms in total. The molecule has 0 aliphatic rings. The van der Waals surface area contributed by atoms with Gasteiger partial charge in [0.1, 0.15) is 5.69 Å². The Morgan fingerprint density at radius 1 is 1.32 bits per heavy atom. The number of rotatable bonds is 4. The third-order valence-corrected chi connectivity index (χ3v) is 2.83. The summed E-state index contributed by atoms with van der Waals surface area (Å²) in [5.41, 5.74) is 8.86. The highest BCUT2D eigenvalue weighted by molar-refractivity contribution is 5.85. The number of nitro groups is 1. The number of allylic oxidation sites excluding steroid dienone is 1. The Balaban J connectivity index is 2.37. The first-order valence-corrected chi connectivity index (χ1v) is 6.34. The molecule has 0 saturated heterocycles. The second-order valence-corrected chi connectivity index (χ2v) is 4.22. The Kier molecular flexibility index (Phi) is 4.71. The average Bonchev–Trinajstić information content (AvgIpc) is 2.99. The number of guanidine groups is 1. The van der Waals surface area contributed by atoms with Crippen molar-refractivity contribution in [3.05, 3.63) is 64.5 Å². The third-order valence-electron chi connectivity index (χ3n) is 2.83. The minimum absolute atomic E-state index is 0.0342. The van der Waals surface area contributed by atoms with E-state index >= 15 is 0 Å². The molecule has 112 valence electrons. The minimum atomic E-state index is -0.410. The highest BCUT2D eigenvalue weighted by Crippen LogP contribution is 2.24. The van der Waals surface area contributed by atoms with Gasteiger partial charge in [-0.2, -0.15) is 11.3 Å². The van der Waals surface area contributed by atoms with Gasteiger partial charge in [0, 0.05) is 18.0 Å². The maximum Gasteiger partial charge on any atom is 0.453 e. The second-order valence-electron chi connectivity index (χ2n) is 4.22. The van der Waals surface area contributed by atoms with Crippen molar-refractivity contribution >= 4 is 23.9 Å². The van der Waals surface area contributed by atoms with Crippen LogP contribution in [0.15, 0.2) is 48.7 Å². The number of nitrogens with two attached hydrogens (primary N) is 2. The second kappa shape index (κ2) is 6.89. The van der Waals surface area contributed by atoms with Crippen LogP contribution in [-0.4, -0.2) is 21.7 Å². The lowest BCUT2D eigenvalue weighted by Crippen LogP contribution is -2.38. The number of hydrogen-bond acceptors (Lipinski definition) is 3. The van der Waals surface area contributed by atoms with Gasteiger partial charge in [0.05, 0.1) is 4.92 Å². The molecule has 1 heterocycles. The molecule has 1 aromatic heterocycles. The van der Waals surface area contributed by atoms with Gasteiger partial charge in [-0.3, -0.25) is 15.8 Å². The van der Waals surface area contributed by atoms with Crippen LogP contribution in [-0.2, 0) is 0 Å². The summed E-state index contributed by atoms with van der Waals surface area (Å²) in [6.07, 6.45) is 6.63. The van der Waals surface area contributed by atoms with E-state index in [0.29, 0.717) is 5.69 Å². The molecule has 5 N–H and O–H groups in total. The first kappa shape index (κ1) is 15.0. The maximum absolute atomic E-state index is 11.1. The lowest BCUT2D eigenvalue weighted by Gasteiger charge is -2.06. The topological polar surface area (TPSA) is 126 Å². The molecule has 0 spiro atoms. The fraction of sp³-hybridized carbons (Fsp3) is 0. The van der Waals surface area contributed by atoms with Crippen LogP contribution < -0.4 is 21.7 Å². The fourth-order valence-electron chi connectivity index (χ4n) is 1.87. The van der Waals surface area contributed by atoms with Crippen LogP contribution >= 0.6 is 0 Å². The Hall–Kier alpha value is -3.35.